The van der Waals surface area contributed by atoms with Gasteiger partial charge < -0.3 is 5.32 Å². The normalized spacial score (nSPS) is 14.5. The zero-order valence-electron chi connectivity index (χ0n) is 16.1. The molecule has 4 rings (SSSR count). The van der Waals surface area contributed by atoms with Gasteiger partial charge in [0.1, 0.15) is 6.54 Å². The number of aromatic nitrogens is 5. The number of hydrogen-bond donors (Lipinski definition) is 1. The van der Waals surface area contributed by atoms with Crippen molar-refractivity contribution >= 4 is 16.9 Å². The number of hydrogen-bond acceptors (Lipinski definition) is 4. The first-order chi connectivity index (χ1) is 13.8. The molecule has 3 aromatic rings. The lowest BCUT2D eigenvalue weighted by molar-refractivity contribution is -0.136. The van der Waals surface area contributed by atoms with E-state index in [0.29, 0.717) is 11.4 Å². The minimum atomic E-state index is -4.51. The molecule has 154 valence electrons. The summed E-state index contributed by atoms with van der Waals surface area (Å²) in [6.45, 7) is 4.21. The molecule has 1 saturated carbocycles. The Morgan fingerprint density at radius 1 is 1.31 bits per heavy atom. The van der Waals surface area contributed by atoms with Crippen molar-refractivity contribution in [3.05, 3.63) is 41.0 Å². The van der Waals surface area contributed by atoms with Crippen LogP contribution in [0, 0.1) is 6.92 Å². The molecular weight excluding hydrogens is 385 g/mol. The highest BCUT2D eigenvalue weighted by Gasteiger charge is 2.37. The maximum atomic E-state index is 13.6. The third-order valence-corrected chi connectivity index (χ3v) is 4.98. The van der Waals surface area contributed by atoms with E-state index in [9.17, 15) is 18.0 Å². The molecule has 3 heterocycles. The van der Waals surface area contributed by atoms with Crippen molar-refractivity contribution in [2.75, 3.05) is 0 Å². The molecule has 0 bridgehead atoms. The summed E-state index contributed by atoms with van der Waals surface area (Å²) in [7, 11) is 0. The fourth-order valence-electron chi connectivity index (χ4n) is 3.35. The summed E-state index contributed by atoms with van der Waals surface area (Å²) in [5, 5.41) is 11.1. The summed E-state index contributed by atoms with van der Waals surface area (Å²) in [6.07, 6.45) is -1.04. The summed E-state index contributed by atoms with van der Waals surface area (Å²) < 4.78 is 43.9. The second-order valence-corrected chi connectivity index (χ2v) is 7.25. The minimum Gasteiger partial charge on any atom is -0.349 e. The Morgan fingerprint density at radius 3 is 2.69 bits per heavy atom. The number of amides is 1. The molecule has 29 heavy (non-hydrogen) atoms. The Kier molecular flexibility index (Phi) is 4.79. The van der Waals surface area contributed by atoms with E-state index in [1.807, 2.05) is 13.1 Å². The van der Waals surface area contributed by atoms with E-state index in [0.717, 1.165) is 25.5 Å². The molecular formula is C19H21F3N6O. The average Bonchev–Trinajstić information content (AvgIpc) is 3.34. The van der Waals surface area contributed by atoms with Gasteiger partial charge in [-0.1, -0.05) is 0 Å². The molecule has 7 nitrogen and oxygen atoms in total. The van der Waals surface area contributed by atoms with E-state index >= 15 is 0 Å². The van der Waals surface area contributed by atoms with Crippen molar-refractivity contribution in [1.29, 1.82) is 0 Å². The SMILES string of the molecule is CCn1ccc(CNC(=O)Cn2nc(C)c3c(C(F)(F)F)cc(C4CC4)nc32)n1. The van der Waals surface area contributed by atoms with E-state index < -0.39 is 11.7 Å². The quantitative estimate of drug-likeness (QED) is 0.682. The number of aryl methyl sites for hydroxylation is 2. The number of rotatable bonds is 6. The van der Waals surface area contributed by atoms with Gasteiger partial charge in [0.2, 0.25) is 5.91 Å². The molecule has 0 saturated heterocycles. The van der Waals surface area contributed by atoms with Gasteiger partial charge in [-0.3, -0.25) is 9.48 Å². The van der Waals surface area contributed by atoms with Crippen molar-refractivity contribution in [2.45, 2.75) is 58.4 Å². The number of nitrogens with zero attached hydrogens (tertiary/aromatic N) is 5. The van der Waals surface area contributed by atoms with Crippen LogP contribution in [0.15, 0.2) is 18.3 Å². The predicted molar refractivity (Wildman–Crippen MR) is 99.0 cm³/mol. The van der Waals surface area contributed by atoms with Crippen LogP contribution in [-0.2, 0) is 30.6 Å². The largest absolute Gasteiger partial charge is 0.417 e. The molecule has 0 spiro atoms. The second kappa shape index (κ2) is 7.16. The maximum absolute atomic E-state index is 13.6. The molecule has 0 aromatic carbocycles. The molecule has 0 unspecified atom stereocenters. The van der Waals surface area contributed by atoms with Crippen LogP contribution in [0.4, 0.5) is 13.2 Å². The first-order valence-corrected chi connectivity index (χ1v) is 9.50. The first kappa shape index (κ1) is 19.4. The number of carbonyl (C=O) groups excluding carboxylic acids is 1. The summed E-state index contributed by atoms with van der Waals surface area (Å²) in [4.78, 5) is 16.8. The summed E-state index contributed by atoms with van der Waals surface area (Å²) in [5.41, 5.74) is 0.687. The Hall–Kier alpha value is -2.91. The third kappa shape index (κ3) is 3.96. The van der Waals surface area contributed by atoms with E-state index in [2.05, 4.69) is 20.5 Å². The number of carbonyl (C=O) groups is 1. The number of nitrogens with one attached hydrogen (secondary N) is 1. The van der Waals surface area contributed by atoms with Gasteiger partial charge in [-0.25, -0.2) is 9.67 Å². The molecule has 3 aromatic heterocycles. The van der Waals surface area contributed by atoms with Crippen molar-refractivity contribution in [3.63, 3.8) is 0 Å². The average molecular weight is 406 g/mol. The molecule has 0 radical (unpaired) electrons. The minimum absolute atomic E-state index is 0.0450. The molecule has 1 aliphatic carbocycles. The lowest BCUT2D eigenvalue weighted by Gasteiger charge is -2.11. The third-order valence-electron chi connectivity index (χ3n) is 4.98. The number of fused-ring (bicyclic) bond motifs is 1. The van der Waals surface area contributed by atoms with Crippen molar-refractivity contribution in [1.82, 2.24) is 29.9 Å². The van der Waals surface area contributed by atoms with Crippen LogP contribution in [-0.4, -0.2) is 30.5 Å². The predicted octanol–water partition coefficient (Wildman–Crippen LogP) is 3.17. The van der Waals surface area contributed by atoms with E-state index in [4.69, 9.17) is 0 Å². The standard InChI is InChI=1S/C19H21F3N6O/c1-3-27-7-6-13(26-27)9-23-16(29)10-28-18-17(11(2)25-28)14(19(20,21)22)8-15(24-18)12-4-5-12/h6-8,12H,3-5,9-10H2,1-2H3,(H,23,29). The van der Waals surface area contributed by atoms with Crippen molar-refractivity contribution in [3.8, 4) is 0 Å². The molecule has 0 atom stereocenters. The monoisotopic (exact) mass is 406 g/mol. The lowest BCUT2D eigenvalue weighted by atomic mass is 10.1. The van der Waals surface area contributed by atoms with Gasteiger partial charge in [-0.05, 0) is 38.8 Å². The summed E-state index contributed by atoms with van der Waals surface area (Å²) >= 11 is 0. The van der Waals surface area contributed by atoms with Gasteiger partial charge in [0.05, 0.1) is 28.9 Å². The van der Waals surface area contributed by atoms with Crippen LogP contribution in [0.5, 0.6) is 0 Å². The van der Waals surface area contributed by atoms with Crippen LogP contribution < -0.4 is 5.32 Å². The van der Waals surface area contributed by atoms with Crippen LogP contribution in [0.3, 0.4) is 0 Å². The maximum Gasteiger partial charge on any atom is 0.417 e. The highest BCUT2D eigenvalue weighted by Crippen LogP contribution is 2.43. The van der Waals surface area contributed by atoms with Crippen molar-refractivity contribution in [2.24, 2.45) is 0 Å². The van der Waals surface area contributed by atoms with Gasteiger partial charge in [-0.15, -0.1) is 0 Å². The number of halogens is 3. The van der Waals surface area contributed by atoms with Gasteiger partial charge >= 0.3 is 6.18 Å². The van der Waals surface area contributed by atoms with E-state index in [1.165, 1.54) is 11.6 Å². The molecule has 10 heteroatoms. The first-order valence-electron chi connectivity index (χ1n) is 9.50. The van der Waals surface area contributed by atoms with Crippen LogP contribution in [0.25, 0.3) is 11.0 Å². The van der Waals surface area contributed by atoms with Crippen LogP contribution >= 0.6 is 0 Å². The fourth-order valence-corrected chi connectivity index (χ4v) is 3.35. The smallest absolute Gasteiger partial charge is 0.349 e. The van der Waals surface area contributed by atoms with E-state index in [1.54, 1.807) is 10.7 Å². The zero-order chi connectivity index (χ0) is 20.8. The highest BCUT2D eigenvalue weighted by atomic mass is 19.4. The Balaban J connectivity index is 1.60. The topological polar surface area (TPSA) is 77.6 Å². The highest BCUT2D eigenvalue weighted by molar-refractivity contribution is 5.85. The molecule has 0 aliphatic heterocycles. The zero-order valence-corrected chi connectivity index (χ0v) is 16.1. The Bertz CT molecular complexity index is 1060. The van der Waals surface area contributed by atoms with Crippen molar-refractivity contribution < 1.29 is 18.0 Å². The second-order valence-electron chi connectivity index (χ2n) is 7.25. The lowest BCUT2D eigenvalue weighted by Crippen LogP contribution is -2.28. The van der Waals surface area contributed by atoms with Crippen LogP contribution in [0.1, 0.15) is 48.3 Å². The number of alkyl halides is 3. The molecule has 1 aliphatic rings. The summed E-state index contributed by atoms with van der Waals surface area (Å²) in [6, 6.07) is 2.93. The van der Waals surface area contributed by atoms with Gasteiger partial charge in [0.25, 0.3) is 0 Å². The molecule has 1 N–H and O–H groups in total. The Morgan fingerprint density at radius 2 is 2.07 bits per heavy atom. The fraction of sp³-hybridized carbons (Fsp3) is 0.474. The van der Waals surface area contributed by atoms with Gasteiger partial charge in [0, 0.05) is 24.4 Å². The molecule has 1 fully saturated rings. The number of pyridine rings is 1. The van der Waals surface area contributed by atoms with Gasteiger partial charge in [-0.2, -0.15) is 23.4 Å². The summed E-state index contributed by atoms with van der Waals surface area (Å²) in [5.74, 6) is -0.320. The van der Waals surface area contributed by atoms with Gasteiger partial charge in [0.15, 0.2) is 5.65 Å². The van der Waals surface area contributed by atoms with E-state index in [-0.39, 0.29) is 41.6 Å². The Labute approximate surface area is 164 Å². The molecule has 1 amide bonds. The van der Waals surface area contributed by atoms with Crippen LogP contribution in [0.2, 0.25) is 0 Å².